The van der Waals surface area contributed by atoms with Gasteiger partial charge in [-0.15, -0.1) is 0 Å². The van der Waals surface area contributed by atoms with Crippen molar-refractivity contribution in [2.75, 3.05) is 19.5 Å². The van der Waals surface area contributed by atoms with Gasteiger partial charge in [0.05, 0.1) is 48.7 Å². The van der Waals surface area contributed by atoms with Crippen LogP contribution in [0.1, 0.15) is 21.7 Å². The molecule has 0 bridgehead atoms. The lowest BCUT2D eigenvalue weighted by atomic mass is 10.2. The van der Waals surface area contributed by atoms with Crippen LogP contribution in [0.2, 0.25) is 5.02 Å². The second-order valence-electron chi connectivity index (χ2n) is 5.95. The number of methoxy groups -OCH3 is 2. The third kappa shape index (κ3) is 4.06. The zero-order chi connectivity index (χ0) is 19.6. The van der Waals surface area contributed by atoms with Crippen molar-refractivity contribution in [3.05, 3.63) is 52.6 Å². The lowest BCUT2D eigenvalue weighted by Gasteiger charge is -2.08. The van der Waals surface area contributed by atoms with Crippen LogP contribution in [0.4, 0.5) is 5.69 Å². The van der Waals surface area contributed by atoms with Gasteiger partial charge in [0.2, 0.25) is 0 Å². The van der Waals surface area contributed by atoms with Crippen molar-refractivity contribution in [1.82, 2.24) is 19.6 Å². The molecule has 0 fully saturated rings. The molecule has 0 aliphatic rings. The molecule has 0 unspecified atom stereocenters. The fourth-order valence-corrected chi connectivity index (χ4v) is 2.73. The van der Waals surface area contributed by atoms with E-state index < -0.39 is 0 Å². The third-order valence-electron chi connectivity index (χ3n) is 4.08. The highest BCUT2D eigenvalue weighted by Crippen LogP contribution is 2.23. The third-order valence-corrected chi connectivity index (χ3v) is 4.62. The molecule has 1 aromatic carbocycles. The van der Waals surface area contributed by atoms with Crippen molar-refractivity contribution >= 4 is 23.2 Å². The summed E-state index contributed by atoms with van der Waals surface area (Å²) >= 11 is 6.17. The maximum Gasteiger partial charge on any atom is 0.256 e. The van der Waals surface area contributed by atoms with E-state index in [1.165, 1.54) is 14.2 Å². The number of hydrogen-bond acceptors (Lipinski definition) is 5. The molecule has 2 heterocycles. The zero-order valence-electron chi connectivity index (χ0n) is 15.5. The minimum absolute atomic E-state index is 0.291. The SMILES string of the molecule is COc1cc(OC)cc(C(=O)Nc2cnn(Cn3nc(C)c(Cl)c3C)c2)c1. The number of anilines is 1. The van der Waals surface area contributed by atoms with E-state index >= 15 is 0 Å². The number of halogens is 1. The first-order valence-electron chi connectivity index (χ1n) is 8.17. The summed E-state index contributed by atoms with van der Waals surface area (Å²) in [5.41, 5.74) is 2.61. The molecule has 27 heavy (non-hydrogen) atoms. The number of rotatable bonds is 6. The quantitative estimate of drug-likeness (QED) is 0.700. The number of aromatic nitrogens is 4. The van der Waals surface area contributed by atoms with E-state index in [-0.39, 0.29) is 5.91 Å². The molecule has 0 radical (unpaired) electrons. The Morgan fingerprint density at radius 2 is 1.85 bits per heavy atom. The van der Waals surface area contributed by atoms with Gasteiger partial charge in [-0.2, -0.15) is 10.2 Å². The van der Waals surface area contributed by atoms with Crippen LogP contribution in [0.3, 0.4) is 0 Å². The minimum Gasteiger partial charge on any atom is -0.497 e. The van der Waals surface area contributed by atoms with Crippen molar-refractivity contribution < 1.29 is 14.3 Å². The maximum absolute atomic E-state index is 12.5. The number of nitrogens with one attached hydrogen (secondary N) is 1. The molecule has 0 aliphatic carbocycles. The lowest BCUT2D eigenvalue weighted by Crippen LogP contribution is -2.13. The van der Waals surface area contributed by atoms with Gasteiger partial charge in [-0.05, 0) is 26.0 Å². The Balaban J connectivity index is 1.74. The predicted octanol–water partition coefficient (Wildman–Crippen LogP) is 3.13. The highest BCUT2D eigenvalue weighted by molar-refractivity contribution is 6.31. The van der Waals surface area contributed by atoms with Crippen LogP contribution >= 0.6 is 11.6 Å². The average molecular weight is 390 g/mol. The van der Waals surface area contributed by atoms with Gasteiger partial charge in [0.1, 0.15) is 18.2 Å². The summed E-state index contributed by atoms with van der Waals surface area (Å²) in [6.45, 7) is 4.13. The van der Waals surface area contributed by atoms with E-state index in [1.807, 2.05) is 13.8 Å². The van der Waals surface area contributed by atoms with Crippen molar-refractivity contribution in [1.29, 1.82) is 0 Å². The summed E-state index contributed by atoms with van der Waals surface area (Å²) < 4.78 is 13.8. The van der Waals surface area contributed by atoms with E-state index in [0.29, 0.717) is 34.4 Å². The predicted molar refractivity (Wildman–Crippen MR) is 102 cm³/mol. The Hall–Kier alpha value is -3.00. The smallest absolute Gasteiger partial charge is 0.256 e. The largest absolute Gasteiger partial charge is 0.497 e. The van der Waals surface area contributed by atoms with Crippen LogP contribution in [0, 0.1) is 13.8 Å². The Morgan fingerprint density at radius 1 is 1.19 bits per heavy atom. The summed E-state index contributed by atoms with van der Waals surface area (Å²) in [5.74, 6) is 0.786. The number of aryl methyl sites for hydroxylation is 1. The number of benzene rings is 1. The first kappa shape index (κ1) is 18.8. The molecule has 3 aromatic rings. The number of amides is 1. The highest BCUT2D eigenvalue weighted by atomic mass is 35.5. The van der Waals surface area contributed by atoms with Gasteiger partial charge >= 0.3 is 0 Å². The van der Waals surface area contributed by atoms with Crippen molar-refractivity contribution in [2.24, 2.45) is 0 Å². The van der Waals surface area contributed by atoms with E-state index in [2.05, 4.69) is 15.5 Å². The molecule has 2 aromatic heterocycles. The number of nitrogens with zero attached hydrogens (tertiary/aromatic N) is 4. The molecule has 3 rings (SSSR count). The van der Waals surface area contributed by atoms with Crippen molar-refractivity contribution in [3.63, 3.8) is 0 Å². The summed E-state index contributed by atoms with van der Waals surface area (Å²) in [6.07, 6.45) is 3.29. The van der Waals surface area contributed by atoms with Gasteiger partial charge in [0.15, 0.2) is 0 Å². The summed E-state index contributed by atoms with van der Waals surface area (Å²) in [6, 6.07) is 4.98. The molecule has 142 valence electrons. The van der Waals surface area contributed by atoms with Crippen LogP contribution < -0.4 is 14.8 Å². The second kappa shape index (κ2) is 7.71. The van der Waals surface area contributed by atoms with Gasteiger partial charge in [-0.25, -0.2) is 9.36 Å². The lowest BCUT2D eigenvalue weighted by molar-refractivity contribution is 0.102. The first-order valence-corrected chi connectivity index (χ1v) is 8.55. The summed E-state index contributed by atoms with van der Waals surface area (Å²) in [5, 5.41) is 12.1. The Morgan fingerprint density at radius 3 is 2.41 bits per heavy atom. The fraction of sp³-hybridized carbons (Fsp3) is 0.278. The van der Waals surface area contributed by atoms with Crippen LogP contribution in [-0.4, -0.2) is 39.7 Å². The number of carbonyl (C=O) groups is 1. The molecule has 0 atom stereocenters. The van der Waals surface area contributed by atoms with E-state index in [1.54, 1.807) is 40.0 Å². The van der Waals surface area contributed by atoms with E-state index in [4.69, 9.17) is 21.1 Å². The van der Waals surface area contributed by atoms with Crippen LogP contribution in [0.25, 0.3) is 0 Å². The normalized spacial score (nSPS) is 10.7. The molecule has 0 saturated heterocycles. The number of carbonyl (C=O) groups excluding carboxylic acids is 1. The maximum atomic E-state index is 12.5. The molecule has 8 nitrogen and oxygen atoms in total. The Labute approximate surface area is 161 Å². The monoisotopic (exact) mass is 389 g/mol. The van der Waals surface area contributed by atoms with Crippen LogP contribution in [0.5, 0.6) is 11.5 Å². The fourth-order valence-electron chi connectivity index (χ4n) is 2.60. The summed E-state index contributed by atoms with van der Waals surface area (Å²) in [4.78, 5) is 12.5. The van der Waals surface area contributed by atoms with Crippen LogP contribution in [0.15, 0.2) is 30.6 Å². The van der Waals surface area contributed by atoms with Gasteiger partial charge < -0.3 is 14.8 Å². The second-order valence-corrected chi connectivity index (χ2v) is 6.33. The number of hydrogen-bond donors (Lipinski definition) is 1. The molecular formula is C18H20ClN5O3. The van der Waals surface area contributed by atoms with Gasteiger partial charge in [0, 0.05) is 11.6 Å². The van der Waals surface area contributed by atoms with E-state index in [9.17, 15) is 4.79 Å². The Bertz CT molecular complexity index is 957. The molecule has 1 amide bonds. The molecule has 0 spiro atoms. The topological polar surface area (TPSA) is 83.2 Å². The molecule has 0 aliphatic heterocycles. The molecule has 0 saturated carbocycles. The van der Waals surface area contributed by atoms with Crippen LogP contribution in [-0.2, 0) is 6.67 Å². The minimum atomic E-state index is -0.291. The van der Waals surface area contributed by atoms with E-state index in [0.717, 1.165) is 11.4 Å². The van der Waals surface area contributed by atoms with Gasteiger partial charge in [-0.3, -0.25) is 4.79 Å². The summed E-state index contributed by atoms with van der Waals surface area (Å²) in [7, 11) is 3.07. The van der Waals surface area contributed by atoms with Crippen molar-refractivity contribution in [2.45, 2.75) is 20.5 Å². The highest BCUT2D eigenvalue weighted by Gasteiger charge is 2.13. The average Bonchev–Trinajstić information content (AvgIpc) is 3.21. The molecule has 9 heteroatoms. The molecule has 1 N–H and O–H groups in total. The molecular weight excluding hydrogens is 370 g/mol. The Kier molecular flexibility index (Phi) is 5.36. The standard InChI is InChI=1S/C18H20ClN5O3/c1-11-17(19)12(2)24(22-11)10-23-9-14(8-20-23)21-18(25)13-5-15(26-3)7-16(6-13)27-4/h5-9H,10H2,1-4H3,(H,21,25). The van der Waals surface area contributed by atoms with Gasteiger partial charge in [-0.1, -0.05) is 11.6 Å². The number of ether oxygens (including phenoxy) is 2. The van der Waals surface area contributed by atoms with Gasteiger partial charge in [0.25, 0.3) is 5.91 Å². The van der Waals surface area contributed by atoms with Crippen molar-refractivity contribution in [3.8, 4) is 11.5 Å². The zero-order valence-corrected chi connectivity index (χ0v) is 16.2. The first-order chi connectivity index (χ1) is 12.9.